The zero-order valence-electron chi connectivity index (χ0n) is 13.8. The number of sulfonamides is 1. The van der Waals surface area contributed by atoms with Crippen LogP contribution in [0.25, 0.3) is 0 Å². The highest BCUT2D eigenvalue weighted by molar-refractivity contribution is 7.89. The van der Waals surface area contributed by atoms with Crippen LogP contribution in [-0.2, 0) is 19.6 Å². The Kier molecular flexibility index (Phi) is 6.77. The van der Waals surface area contributed by atoms with Crippen LogP contribution >= 0.6 is 23.2 Å². The summed E-state index contributed by atoms with van der Waals surface area (Å²) in [7, 11) is -3.38. The molecule has 0 unspecified atom stereocenters. The smallest absolute Gasteiger partial charge is 0.325 e. The van der Waals surface area contributed by atoms with Crippen LogP contribution in [0.2, 0.25) is 5.02 Å². The van der Waals surface area contributed by atoms with Gasteiger partial charge in [-0.25, -0.2) is 8.42 Å². The van der Waals surface area contributed by atoms with Crippen LogP contribution in [0.5, 0.6) is 0 Å². The number of alkyl halides is 1. The lowest BCUT2D eigenvalue weighted by Crippen LogP contribution is -2.44. The van der Waals surface area contributed by atoms with Crippen LogP contribution in [0.3, 0.4) is 0 Å². The van der Waals surface area contributed by atoms with Crippen molar-refractivity contribution in [2.24, 2.45) is 0 Å². The highest BCUT2D eigenvalue weighted by atomic mass is 35.5. The number of nitro groups is 1. The molecule has 2 aromatic carbocycles. The number of hydrogen-bond donors (Lipinski definition) is 1. The summed E-state index contributed by atoms with van der Waals surface area (Å²) in [6, 6.07) is 9.32. The third-order valence-corrected chi connectivity index (χ3v) is 5.81. The van der Waals surface area contributed by atoms with Crippen molar-refractivity contribution in [3.05, 3.63) is 69.2 Å². The summed E-state index contributed by atoms with van der Waals surface area (Å²) in [4.78, 5) is 21.8. The first-order chi connectivity index (χ1) is 12.7. The normalized spacial score (nSPS) is 13.6. The first kappa shape index (κ1) is 21.1. The molecule has 0 saturated carbocycles. The Morgan fingerprint density at radius 1 is 1.19 bits per heavy atom. The van der Waals surface area contributed by atoms with Crippen molar-refractivity contribution in [3.63, 3.8) is 0 Å². The molecule has 2 atom stereocenters. The van der Waals surface area contributed by atoms with E-state index in [2.05, 4.69) is 9.46 Å². The van der Waals surface area contributed by atoms with Gasteiger partial charge in [0, 0.05) is 11.1 Å². The van der Waals surface area contributed by atoms with E-state index in [-0.39, 0.29) is 0 Å². The van der Waals surface area contributed by atoms with Crippen LogP contribution in [0, 0.1) is 10.1 Å². The van der Waals surface area contributed by atoms with Crippen molar-refractivity contribution in [2.45, 2.75) is 16.3 Å². The largest absolute Gasteiger partial charge is 0.468 e. The number of ether oxygens (including phenoxy) is 1. The molecule has 0 saturated heterocycles. The first-order valence-corrected chi connectivity index (χ1v) is 9.70. The van der Waals surface area contributed by atoms with Gasteiger partial charge in [-0.1, -0.05) is 35.9 Å². The van der Waals surface area contributed by atoms with Crippen LogP contribution < -0.4 is 4.72 Å². The fourth-order valence-corrected chi connectivity index (χ4v) is 4.14. The van der Waals surface area contributed by atoms with Crippen molar-refractivity contribution in [1.29, 1.82) is 0 Å². The molecule has 0 aliphatic carbocycles. The van der Waals surface area contributed by atoms with Crippen molar-refractivity contribution >= 4 is 44.9 Å². The second-order valence-electron chi connectivity index (χ2n) is 5.30. The Morgan fingerprint density at radius 3 is 2.33 bits per heavy atom. The number of esters is 1. The third kappa shape index (κ3) is 4.95. The van der Waals surface area contributed by atoms with Gasteiger partial charge >= 0.3 is 5.97 Å². The average Bonchev–Trinajstić information content (AvgIpc) is 2.65. The highest BCUT2D eigenvalue weighted by Crippen LogP contribution is 2.29. The number of nitro benzene ring substituents is 1. The predicted octanol–water partition coefficient (Wildman–Crippen LogP) is 3.05. The monoisotopic (exact) mass is 432 g/mol. The summed E-state index contributed by atoms with van der Waals surface area (Å²) in [6.45, 7) is 0. The molecule has 0 aromatic heterocycles. The molecule has 0 fully saturated rings. The number of halogens is 2. The van der Waals surface area contributed by atoms with Gasteiger partial charge in [-0.3, -0.25) is 14.9 Å². The average molecular weight is 433 g/mol. The maximum Gasteiger partial charge on any atom is 0.325 e. The Balaban J connectivity index is 2.42. The maximum absolute atomic E-state index is 12.7. The summed E-state index contributed by atoms with van der Waals surface area (Å²) in [5, 5.41) is 10.4. The summed E-state index contributed by atoms with van der Waals surface area (Å²) in [6.07, 6.45) is 0. The summed E-state index contributed by atoms with van der Waals surface area (Å²) < 4.78 is 32.1. The number of methoxy groups -OCH3 is 1. The number of carbonyl (C=O) groups is 1. The molecule has 1 N–H and O–H groups in total. The number of hydrogen-bond acceptors (Lipinski definition) is 6. The van der Waals surface area contributed by atoms with Gasteiger partial charge in [-0.2, -0.15) is 4.72 Å². The molecule has 0 amide bonds. The molecule has 144 valence electrons. The van der Waals surface area contributed by atoms with Crippen LogP contribution in [0.4, 0.5) is 5.69 Å². The molecule has 0 aliphatic rings. The Hall–Kier alpha value is -2.20. The molecule has 2 aromatic rings. The molecule has 0 spiro atoms. The fourth-order valence-electron chi connectivity index (χ4n) is 2.26. The van der Waals surface area contributed by atoms with E-state index in [9.17, 15) is 23.3 Å². The Labute approximate surface area is 165 Å². The van der Waals surface area contributed by atoms with E-state index >= 15 is 0 Å². The number of nitrogens with one attached hydrogen (secondary N) is 1. The van der Waals surface area contributed by atoms with E-state index < -0.39 is 42.9 Å². The van der Waals surface area contributed by atoms with E-state index in [1.807, 2.05) is 0 Å². The van der Waals surface area contributed by atoms with Crippen molar-refractivity contribution < 1.29 is 22.9 Å². The molecule has 0 heterocycles. The standard InChI is InChI=1S/C16H14Cl2N2O6S/c1-26-16(21)15(14(18)10-6-8-11(17)9-7-10)19-27(24,25)13-5-3-2-4-12(13)20(22)23/h2-9,14-15,19H,1H3/t14-,15-/m1/s1. The second-order valence-corrected chi connectivity index (χ2v) is 7.89. The second kappa shape index (κ2) is 8.66. The van der Waals surface area contributed by atoms with E-state index in [1.165, 1.54) is 36.4 Å². The SMILES string of the molecule is COC(=O)[C@H](NS(=O)(=O)c1ccccc1[N+](=O)[O-])[C@H](Cl)c1ccc(Cl)cc1. The number of nitrogens with zero attached hydrogens (tertiary/aromatic N) is 1. The van der Waals surface area contributed by atoms with Gasteiger partial charge in [0.2, 0.25) is 10.0 Å². The lowest BCUT2D eigenvalue weighted by Gasteiger charge is -2.21. The summed E-state index contributed by atoms with van der Waals surface area (Å²) >= 11 is 12.1. The Morgan fingerprint density at radius 2 is 1.78 bits per heavy atom. The van der Waals surface area contributed by atoms with Gasteiger partial charge in [-0.15, -0.1) is 11.6 Å². The third-order valence-electron chi connectivity index (χ3n) is 3.57. The summed E-state index contributed by atoms with van der Waals surface area (Å²) in [5.74, 6) is -0.952. The molecule has 27 heavy (non-hydrogen) atoms. The molecular formula is C16H14Cl2N2O6S. The van der Waals surface area contributed by atoms with Crippen LogP contribution in [0.15, 0.2) is 53.4 Å². The molecule has 11 heteroatoms. The maximum atomic E-state index is 12.7. The van der Waals surface area contributed by atoms with Crippen LogP contribution in [0.1, 0.15) is 10.9 Å². The Bertz CT molecular complexity index is 950. The molecular weight excluding hydrogens is 419 g/mol. The van der Waals surface area contributed by atoms with E-state index in [4.69, 9.17) is 23.2 Å². The molecule has 0 bridgehead atoms. The fraction of sp³-hybridized carbons (Fsp3) is 0.188. The highest BCUT2D eigenvalue weighted by Gasteiger charge is 2.36. The molecule has 0 aliphatic heterocycles. The van der Waals surface area contributed by atoms with Gasteiger partial charge in [0.1, 0.15) is 6.04 Å². The number of carbonyl (C=O) groups excluding carboxylic acids is 1. The van der Waals surface area contributed by atoms with Crippen LogP contribution in [-0.4, -0.2) is 32.5 Å². The molecule has 2 rings (SSSR count). The minimum Gasteiger partial charge on any atom is -0.468 e. The topological polar surface area (TPSA) is 116 Å². The minimum absolute atomic E-state index is 0.404. The van der Waals surface area contributed by atoms with Gasteiger partial charge in [-0.05, 0) is 23.8 Å². The van der Waals surface area contributed by atoms with Gasteiger partial charge in [0.05, 0.1) is 17.4 Å². The lowest BCUT2D eigenvalue weighted by molar-refractivity contribution is -0.387. The zero-order valence-corrected chi connectivity index (χ0v) is 16.2. The number of rotatable bonds is 7. The first-order valence-electron chi connectivity index (χ1n) is 7.40. The van der Waals surface area contributed by atoms with Crippen molar-refractivity contribution in [1.82, 2.24) is 4.72 Å². The van der Waals surface area contributed by atoms with Crippen molar-refractivity contribution in [3.8, 4) is 0 Å². The van der Waals surface area contributed by atoms with Crippen molar-refractivity contribution in [2.75, 3.05) is 7.11 Å². The zero-order chi connectivity index (χ0) is 20.2. The van der Waals surface area contributed by atoms with E-state index in [1.54, 1.807) is 0 Å². The van der Waals surface area contributed by atoms with Gasteiger partial charge < -0.3 is 4.74 Å². The number of para-hydroxylation sites is 1. The summed E-state index contributed by atoms with van der Waals surface area (Å²) in [5.41, 5.74) is -0.229. The van der Waals surface area contributed by atoms with E-state index in [0.717, 1.165) is 19.2 Å². The quantitative estimate of drug-likeness (QED) is 0.311. The van der Waals surface area contributed by atoms with E-state index in [0.29, 0.717) is 10.6 Å². The minimum atomic E-state index is -4.45. The molecule has 8 nitrogen and oxygen atoms in total. The number of benzene rings is 2. The van der Waals surface area contributed by atoms with Gasteiger partial charge in [0.15, 0.2) is 4.90 Å². The van der Waals surface area contributed by atoms with Gasteiger partial charge in [0.25, 0.3) is 5.69 Å². The molecule has 0 radical (unpaired) electrons. The lowest BCUT2D eigenvalue weighted by atomic mass is 10.1. The predicted molar refractivity (Wildman–Crippen MR) is 99.3 cm³/mol.